The number of fused-ring (bicyclic) bond motifs is 3. The lowest BCUT2D eigenvalue weighted by Crippen LogP contribution is -2.60. The Morgan fingerprint density at radius 2 is 1.76 bits per heavy atom. The van der Waals surface area contributed by atoms with E-state index in [0.717, 1.165) is 62.8 Å². The lowest BCUT2D eigenvalue weighted by Gasteiger charge is -2.57. The smallest absolute Gasteiger partial charge is 0.359 e. The molecule has 5 rings (SSSR count). The summed E-state index contributed by atoms with van der Waals surface area (Å²) >= 11 is 0. The van der Waals surface area contributed by atoms with Gasteiger partial charge in [-0.2, -0.15) is 0 Å². The summed E-state index contributed by atoms with van der Waals surface area (Å²) in [6, 6.07) is 8.45. The molecule has 38 heavy (non-hydrogen) atoms. The van der Waals surface area contributed by atoms with Crippen molar-refractivity contribution < 1.29 is 24.5 Å². The van der Waals surface area contributed by atoms with Gasteiger partial charge in [-0.15, -0.1) is 0 Å². The first-order valence-corrected chi connectivity index (χ1v) is 14.7. The molecule has 3 aliphatic rings. The molecular weight excluding hydrogens is 480 g/mol. The zero-order valence-corrected chi connectivity index (χ0v) is 23.5. The van der Waals surface area contributed by atoms with Crippen LogP contribution in [0.3, 0.4) is 0 Å². The van der Waals surface area contributed by atoms with E-state index in [1.54, 1.807) is 0 Å². The van der Waals surface area contributed by atoms with Crippen molar-refractivity contribution in [3.05, 3.63) is 35.5 Å². The van der Waals surface area contributed by atoms with Crippen molar-refractivity contribution in [1.82, 2.24) is 9.47 Å². The Bertz CT molecular complexity index is 1130. The van der Waals surface area contributed by atoms with Crippen molar-refractivity contribution in [2.75, 3.05) is 20.2 Å². The fraction of sp³-hybridized carbons (Fsp3) is 0.677. The summed E-state index contributed by atoms with van der Waals surface area (Å²) in [5.41, 5.74) is 1.69. The predicted molar refractivity (Wildman–Crippen MR) is 149 cm³/mol. The van der Waals surface area contributed by atoms with Crippen LogP contribution in [0.2, 0.25) is 0 Å². The number of benzene rings is 1. The van der Waals surface area contributed by atoms with E-state index < -0.39 is 17.7 Å². The lowest BCUT2D eigenvalue weighted by molar-refractivity contribution is -0.194. The van der Waals surface area contributed by atoms with Gasteiger partial charge in [-0.3, -0.25) is 9.69 Å². The highest BCUT2D eigenvalue weighted by Crippen LogP contribution is 2.60. The fourth-order valence-electron chi connectivity index (χ4n) is 7.33. The second-order valence-electron chi connectivity index (χ2n) is 11.5. The summed E-state index contributed by atoms with van der Waals surface area (Å²) in [4.78, 5) is 25.5. The average Bonchev–Trinajstić information content (AvgIpc) is 3.27. The normalized spacial score (nSPS) is 25.8. The number of ether oxygens (including phenoxy) is 1. The van der Waals surface area contributed by atoms with Crippen LogP contribution in [0.5, 0.6) is 0 Å². The number of aliphatic hydroxyl groups is 1. The van der Waals surface area contributed by atoms with Crippen molar-refractivity contribution in [3.8, 4) is 0 Å². The van der Waals surface area contributed by atoms with Crippen molar-refractivity contribution in [3.63, 3.8) is 0 Å². The van der Waals surface area contributed by atoms with Gasteiger partial charge in [0.25, 0.3) is 0 Å². The molecule has 1 saturated heterocycles. The highest BCUT2D eigenvalue weighted by molar-refractivity contribution is 5.90. The molecule has 4 heterocycles. The lowest BCUT2D eigenvalue weighted by atomic mass is 9.62. The van der Waals surface area contributed by atoms with Crippen LogP contribution in [0.4, 0.5) is 0 Å². The van der Waals surface area contributed by atoms with Gasteiger partial charge >= 0.3 is 11.9 Å². The van der Waals surface area contributed by atoms with Crippen molar-refractivity contribution in [2.24, 2.45) is 5.41 Å². The number of unbranched alkanes of at least 4 members (excludes halogenated alkanes) is 6. The van der Waals surface area contributed by atoms with Gasteiger partial charge in [-0.1, -0.05) is 70.6 Å². The van der Waals surface area contributed by atoms with Crippen molar-refractivity contribution in [2.45, 2.75) is 109 Å². The first-order valence-electron chi connectivity index (χ1n) is 14.7. The number of carboxylic acid groups (broad SMARTS) is 1. The number of para-hydroxylation sites is 1. The molecule has 3 aliphatic heterocycles. The number of aromatic nitrogens is 1. The number of piperidine rings is 1. The molecule has 0 bridgehead atoms. The third-order valence-electron chi connectivity index (χ3n) is 9.17. The van der Waals surface area contributed by atoms with Gasteiger partial charge < -0.3 is 19.5 Å². The van der Waals surface area contributed by atoms with E-state index in [4.69, 9.17) is 9.84 Å². The molecule has 0 amide bonds. The number of carbonyl (C=O) groups is 2. The van der Waals surface area contributed by atoms with Crippen LogP contribution >= 0.6 is 0 Å². The minimum Gasteiger partial charge on any atom is -0.481 e. The molecule has 0 spiro atoms. The predicted octanol–water partition coefficient (Wildman–Crippen LogP) is 6.16. The first-order chi connectivity index (χ1) is 18.3. The summed E-state index contributed by atoms with van der Waals surface area (Å²) in [5.74, 6) is -1.21. The fourth-order valence-corrected chi connectivity index (χ4v) is 7.33. The molecule has 2 N–H and O–H groups in total. The van der Waals surface area contributed by atoms with Crippen LogP contribution in [-0.4, -0.2) is 51.8 Å². The molecule has 7 heteroatoms. The van der Waals surface area contributed by atoms with Gasteiger partial charge in [-0.25, -0.2) is 4.79 Å². The molecule has 7 nitrogen and oxygen atoms in total. The summed E-state index contributed by atoms with van der Waals surface area (Å²) < 4.78 is 7.01. The van der Waals surface area contributed by atoms with E-state index >= 15 is 0 Å². The number of nitrogens with zero attached hydrogens (tertiary/aromatic N) is 2. The molecule has 0 unspecified atom stereocenters. The monoisotopic (exact) mass is 526 g/mol. The Hall–Kier alpha value is -2.38. The Labute approximate surface area is 227 Å². The third kappa shape index (κ3) is 5.24. The highest BCUT2D eigenvalue weighted by Gasteiger charge is 2.60. The molecule has 1 aromatic heterocycles. The number of aliphatic carboxylic acids is 1. The quantitative estimate of drug-likeness (QED) is 0.284. The largest absolute Gasteiger partial charge is 0.481 e. The molecule has 1 aromatic carbocycles. The van der Waals surface area contributed by atoms with E-state index in [1.807, 2.05) is 22.8 Å². The maximum atomic E-state index is 12.8. The molecule has 0 saturated carbocycles. The SMILES string of the molecule is CCCCCCCCCC(=O)O.CC[C@]12CCCN3CCc4c(n(c5ccccc45)[C@@](O)(C(=O)OC)C1)[C@@H]32. The zero-order valence-electron chi connectivity index (χ0n) is 23.5. The summed E-state index contributed by atoms with van der Waals surface area (Å²) in [5, 5.41) is 21.2. The number of hydrogen-bond donors (Lipinski definition) is 2. The second kappa shape index (κ2) is 12.2. The van der Waals surface area contributed by atoms with Crippen LogP contribution in [0.15, 0.2) is 24.3 Å². The minimum absolute atomic E-state index is 0.0826. The van der Waals surface area contributed by atoms with Crippen LogP contribution in [0.25, 0.3) is 10.9 Å². The number of carboxylic acids is 1. The van der Waals surface area contributed by atoms with Gasteiger partial charge in [0, 0.05) is 30.5 Å². The second-order valence-corrected chi connectivity index (χ2v) is 11.5. The van der Waals surface area contributed by atoms with E-state index in [1.165, 1.54) is 50.2 Å². The molecule has 3 atom stereocenters. The van der Waals surface area contributed by atoms with Crippen LogP contribution < -0.4 is 0 Å². The average molecular weight is 527 g/mol. The first kappa shape index (κ1) is 28.6. The van der Waals surface area contributed by atoms with Gasteiger partial charge in [0.2, 0.25) is 5.72 Å². The summed E-state index contributed by atoms with van der Waals surface area (Å²) in [6.07, 6.45) is 13.2. The highest BCUT2D eigenvalue weighted by atomic mass is 16.5. The molecule has 210 valence electrons. The molecule has 0 aliphatic carbocycles. The molecule has 2 aromatic rings. The zero-order chi connectivity index (χ0) is 27.3. The van der Waals surface area contributed by atoms with Crippen LogP contribution in [-0.2, 0) is 26.5 Å². The number of hydrogen-bond acceptors (Lipinski definition) is 5. The number of rotatable bonds is 10. The summed E-state index contributed by atoms with van der Waals surface area (Å²) in [7, 11) is 1.37. The van der Waals surface area contributed by atoms with Gasteiger partial charge in [0.15, 0.2) is 0 Å². The van der Waals surface area contributed by atoms with E-state index in [-0.39, 0.29) is 11.5 Å². The van der Waals surface area contributed by atoms with E-state index in [2.05, 4.69) is 24.8 Å². The summed E-state index contributed by atoms with van der Waals surface area (Å²) in [6.45, 7) is 6.56. The third-order valence-corrected chi connectivity index (χ3v) is 9.17. The standard InChI is InChI=1S/C21H26N2O3.C10H20O2/c1-3-20-10-6-11-22-12-9-15-14-7-4-5-8-16(14)23(17(15)18(20)22)21(25,13-20)19(24)26-2;1-2-3-4-5-6-7-8-9-10(11)12/h4-5,7-8,18,25H,3,6,9-13H2,1-2H3;2-9H2,1H3,(H,11,12)/t18-,20+,21+;/m1./s1. The maximum Gasteiger partial charge on any atom is 0.359 e. The Morgan fingerprint density at radius 1 is 1.05 bits per heavy atom. The Morgan fingerprint density at radius 3 is 2.45 bits per heavy atom. The van der Waals surface area contributed by atoms with Gasteiger partial charge in [0.05, 0.1) is 18.7 Å². The number of methoxy groups -OCH3 is 1. The number of carbonyl (C=O) groups excluding carboxylic acids is 1. The van der Waals surface area contributed by atoms with Gasteiger partial charge in [-0.05, 0) is 55.7 Å². The maximum absolute atomic E-state index is 12.8. The van der Waals surface area contributed by atoms with Gasteiger partial charge in [0.1, 0.15) is 0 Å². The van der Waals surface area contributed by atoms with Crippen molar-refractivity contribution >= 4 is 22.8 Å². The number of esters is 1. The molecular formula is C31H46N2O5. The van der Waals surface area contributed by atoms with Crippen LogP contribution in [0.1, 0.15) is 108 Å². The minimum atomic E-state index is -1.63. The topological polar surface area (TPSA) is 92.0 Å². The Kier molecular flexibility index (Phi) is 9.19. The molecule has 0 radical (unpaired) electrons. The van der Waals surface area contributed by atoms with E-state index in [9.17, 15) is 14.7 Å². The van der Waals surface area contributed by atoms with Crippen molar-refractivity contribution in [1.29, 1.82) is 0 Å². The molecule has 1 fully saturated rings. The van der Waals surface area contributed by atoms with Crippen LogP contribution in [0, 0.1) is 5.41 Å². The Balaban J connectivity index is 0.000000240. The van der Waals surface area contributed by atoms with E-state index in [0.29, 0.717) is 12.8 Å².